The van der Waals surface area contributed by atoms with Gasteiger partial charge in [0.1, 0.15) is 5.70 Å². The molecule has 5 nitrogen and oxygen atoms in total. The van der Waals surface area contributed by atoms with Crippen LogP contribution in [0.4, 0.5) is 0 Å². The third-order valence-corrected chi connectivity index (χ3v) is 4.97. The highest BCUT2D eigenvalue weighted by molar-refractivity contribution is 6.35. The Balaban J connectivity index is 1.74. The number of aryl methyl sites for hydroxylation is 1. The van der Waals surface area contributed by atoms with E-state index in [1.165, 1.54) is 4.90 Å². The summed E-state index contributed by atoms with van der Waals surface area (Å²) in [5, 5.41) is 0. The summed E-state index contributed by atoms with van der Waals surface area (Å²) >= 11 is 0. The summed E-state index contributed by atoms with van der Waals surface area (Å²) in [5.41, 5.74) is 3.87. The molecule has 2 aromatic rings. The van der Waals surface area contributed by atoms with Crippen LogP contribution in [0.1, 0.15) is 29.5 Å². The van der Waals surface area contributed by atoms with Gasteiger partial charge in [-0.15, -0.1) is 0 Å². The highest BCUT2D eigenvalue weighted by Gasteiger charge is 2.41. The second kappa shape index (κ2) is 6.75. The Bertz CT molecular complexity index is 866. The first-order valence-corrected chi connectivity index (χ1v) is 8.96. The smallest absolute Gasteiger partial charge is 0.278 e. The minimum atomic E-state index is -0.218. The van der Waals surface area contributed by atoms with Crippen LogP contribution in [0.2, 0.25) is 0 Å². The van der Waals surface area contributed by atoms with Crippen LogP contribution in [0, 0.1) is 6.92 Å². The molecule has 3 heterocycles. The van der Waals surface area contributed by atoms with Gasteiger partial charge in [0.25, 0.3) is 11.8 Å². The molecule has 0 atom stereocenters. The van der Waals surface area contributed by atoms with Gasteiger partial charge < -0.3 is 4.90 Å². The van der Waals surface area contributed by atoms with Gasteiger partial charge in [0.05, 0.1) is 12.1 Å². The maximum Gasteiger partial charge on any atom is 0.278 e. The number of likely N-dealkylation sites (tertiary alicyclic amines) is 1. The highest BCUT2D eigenvalue weighted by atomic mass is 16.2. The van der Waals surface area contributed by atoms with E-state index in [4.69, 9.17) is 0 Å². The summed E-state index contributed by atoms with van der Waals surface area (Å²) in [6.07, 6.45) is 5.48. The number of imide groups is 1. The third-order valence-electron chi connectivity index (χ3n) is 4.97. The number of hydrogen-bond donors (Lipinski definition) is 0. The van der Waals surface area contributed by atoms with E-state index in [0.717, 1.165) is 42.6 Å². The zero-order chi connectivity index (χ0) is 18.1. The number of hydrogen-bond acceptors (Lipinski definition) is 4. The Morgan fingerprint density at radius 2 is 1.73 bits per heavy atom. The first kappa shape index (κ1) is 16.5. The SMILES string of the molecule is Cc1ccc(C2=C(N3CCCC3)C(=O)N(Cc3cccnc3)C2=O)cc1. The van der Waals surface area contributed by atoms with Gasteiger partial charge in [-0.25, -0.2) is 0 Å². The van der Waals surface area contributed by atoms with Crippen molar-refractivity contribution in [3.05, 3.63) is 71.2 Å². The van der Waals surface area contributed by atoms with E-state index >= 15 is 0 Å². The number of carbonyl (C=O) groups is 2. The molecular weight excluding hydrogens is 326 g/mol. The molecule has 1 saturated heterocycles. The fraction of sp³-hybridized carbons (Fsp3) is 0.286. The van der Waals surface area contributed by atoms with E-state index in [1.54, 1.807) is 12.4 Å². The Hall–Kier alpha value is -2.95. The van der Waals surface area contributed by atoms with Gasteiger partial charge in [0, 0.05) is 25.5 Å². The molecule has 26 heavy (non-hydrogen) atoms. The van der Waals surface area contributed by atoms with Crippen molar-refractivity contribution in [3.63, 3.8) is 0 Å². The molecule has 0 spiro atoms. The van der Waals surface area contributed by atoms with Crippen LogP contribution in [0.15, 0.2) is 54.5 Å². The van der Waals surface area contributed by atoms with Crippen molar-refractivity contribution in [1.29, 1.82) is 0 Å². The van der Waals surface area contributed by atoms with E-state index in [9.17, 15) is 9.59 Å². The topological polar surface area (TPSA) is 53.5 Å². The van der Waals surface area contributed by atoms with Crippen LogP contribution < -0.4 is 0 Å². The van der Waals surface area contributed by atoms with Crippen molar-refractivity contribution < 1.29 is 9.59 Å². The number of carbonyl (C=O) groups excluding carboxylic acids is 2. The summed E-state index contributed by atoms with van der Waals surface area (Å²) < 4.78 is 0. The molecular formula is C21H21N3O2. The molecule has 0 N–H and O–H groups in total. The van der Waals surface area contributed by atoms with Crippen molar-refractivity contribution in [2.75, 3.05) is 13.1 Å². The van der Waals surface area contributed by atoms with Crippen molar-refractivity contribution in [2.45, 2.75) is 26.3 Å². The van der Waals surface area contributed by atoms with Gasteiger partial charge in [0.15, 0.2) is 0 Å². The summed E-state index contributed by atoms with van der Waals surface area (Å²) in [5.74, 6) is -0.416. The predicted octanol–water partition coefficient (Wildman–Crippen LogP) is 2.77. The largest absolute Gasteiger partial charge is 0.366 e. The fourth-order valence-corrected chi connectivity index (χ4v) is 3.60. The summed E-state index contributed by atoms with van der Waals surface area (Å²) in [4.78, 5) is 33.8. The second-order valence-corrected chi connectivity index (χ2v) is 6.84. The maximum atomic E-state index is 13.2. The second-order valence-electron chi connectivity index (χ2n) is 6.84. The Morgan fingerprint density at radius 1 is 1.00 bits per heavy atom. The lowest BCUT2D eigenvalue weighted by Crippen LogP contribution is -2.34. The molecule has 5 heteroatoms. The number of amides is 2. The van der Waals surface area contributed by atoms with Crippen LogP contribution in [-0.4, -0.2) is 39.7 Å². The Morgan fingerprint density at radius 3 is 2.38 bits per heavy atom. The van der Waals surface area contributed by atoms with Crippen LogP contribution >= 0.6 is 0 Å². The van der Waals surface area contributed by atoms with Crippen molar-refractivity contribution >= 4 is 17.4 Å². The first-order valence-electron chi connectivity index (χ1n) is 8.96. The molecule has 0 aliphatic carbocycles. The average molecular weight is 347 g/mol. The van der Waals surface area contributed by atoms with Crippen molar-refractivity contribution in [1.82, 2.24) is 14.8 Å². The number of aromatic nitrogens is 1. The third kappa shape index (κ3) is 2.90. The quantitative estimate of drug-likeness (QED) is 0.798. The zero-order valence-electron chi connectivity index (χ0n) is 14.8. The van der Waals surface area contributed by atoms with Gasteiger partial charge in [-0.05, 0) is 37.0 Å². The monoisotopic (exact) mass is 347 g/mol. The van der Waals surface area contributed by atoms with E-state index in [0.29, 0.717) is 11.3 Å². The molecule has 1 fully saturated rings. The molecule has 2 aliphatic rings. The molecule has 2 aliphatic heterocycles. The molecule has 0 radical (unpaired) electrons. The van der Waals surface area contributed by atoms with Crippen LogP contribution in [0.3, 0.4) is 0 Å². The normalized spacial score (nSPS) is 17.6. The van der Waals surface area contributed by atoms with E-state index in [2.05, 4.69) is 9.88 Å². The van der Waals surface area contributed by atoms with E-state index in [1.807, 2.05) is 43.3 Å². The van der Waals surface area contributed by atoms with Gasteiger partial charge >= 0.3 is 0 Å². The van der Waals surface area contributed by atoms with Crippen LogP contribution in [0.25, 0.3) is 5.57 Å². The van der Waals surface area contributed by atoms with E-state index < -0.39 is 0 Å². The van der Waals surface area contributed by atoms with Gasteiger partial charge in [0.2, 0.25) is 0 Å². The highest BCUT2D eigenvalue weighted by Crippen LogP contribution is 2.34. The summed E-state index contributed by atoms with van der Waals surface area (Å²) in [6.45, 7) is 3.91. The number of benzene rings is 1. The standard InChI is InChI=1S/C21H21N3O2/c1-15-6-8-17(9-7-15)18-19(23-11-2-3-12-23)21(26)24(20(18)25)14-16-5-4-10-22-13-16/h4-10,13H,2-3,11-12,14H2,1H3. The molecule has 132 valence electrons. The molecule has 0 saturated carbocycles. The number of rotatable bonds is 4. The maximum absolute atomic E-state index is 13.2. The summed E-state index contributed by atoms with van der Waals surface area (Å²) in [6, 6.07) is 11.5. The fourth-order valence-electron chi connectivity index (χ4n) is 3.60. The molecule has 0 unspecified atom stereocenters. The molecule has 4 rings (SSSR count). The van der Waals surface area contributed by atoms with E-state index in [-0.39, 0.29) is 18.4 Å². The van der Waals surface area contributed by atoms with Gasteiger partial charge in [-0.1, -0.05) is 35.9 Å². The lowest BCUT2D eigenvalue weighted by atomic mass is 10.0. The minimum absolute atomic E-state index is 0.198. The lowest BCUT2D eigenvalue weighted by molar-refractivity contribution is -0.138. The van der Waals surface area contributed by atoms with Crippen molar-refractivity contribution in [2.24, 2.45) is 0 Å². The lowest BCUT2D eigenvalue weighted by Gasteiger charge is -2.20. The number of nitrogens with zero attached hydrogens (tertiary/aromatic N) is 3. The van der Waals surface area contributed by atoms with Crippen LogP contribution in [-0.2, 0) is 16.1 Å². The first-order chi connectivity index (χ1) is 12.6. The van der Waals surface area contributed by atoms with Gasteiger partial charge in [-0.2, -0.15) is 0 Å². The summed E-state index contributed by atoms with van der Waals surface area (Å²) in [7, 11) is 0. The Labute approximate surface area is 152 Å². The average Bonchev–Trinajstić information content (AvgIpc) is 3.26. The molecule has 0 bridgehead atoms. The molecule has 1 aromatic carbocycles. The minimum Gasteiger partial charge on any atom is -0.366 e. The van der Waals surface area contributed by atoms with Crippen LogP contribution in [0.5, 0.6) is 0 Å². The predicted molar refractivity (Wildman–Crippen MR) is 98.7 cm³/mol. The molecule has 2 amide bonds. The Kier molecular flexibility index (Phi) is 4.29. The number of pyridine rings is 1. The van der Waals surface area contributed by atoms with Gasteiger partial charge in [-0.3, -0.25) is 19.5 Å². The zero-order valence-corrected chi connectivity index (χ0v) is 14.8. The molecule has 1 aromatic heterocycles. The van der Waals surface area contributed by atoms with Crippen molar-refractivity contribution in [3.8, 4) is 0 Å².